The van der Waals surface area contributed by atoms with Gasteiger partial charge in [-0.05, 0) is 57.3 Å². The van der Waals surface area contributed by atoms with Crippen molar-refractivity contribution in [3.8, 4) is 0 Å². The van der Waals surface area contributed by atoms with Crippen LogP contribution in [-0.2, 0) is 4.79 Å². The van der Waals surface area contributed by atoms with Crippen LogP contribution in [0, 0.1) is 18.3 Å². The average molecular weight is 359 g/mol. The molecule has 0 radical (unpaired) electrons. The maximum atomic E-state index is 13.2. The molecule has 6 nitrogen and oxygen atoms in total. The second kappa shape index (κ2) is 6.72. The van der Waals surface area contributed by atoms with Crippen LogP contribution in [0.5, 0.6) is 0 Å². The first-order valence-electron chi connectivity index (χ1n) is 9.87. The molecule has 0 bridgehead atoms. The number of hydrogen-bond donors (Lipinski definition) is 0. The fourth-order valence-corrected chi connectivity index (χ4v) is 4.87. The molecule has 0 aliphatic carbocycles. The van der Waals surface area contributed by atoms with E-state index in [0.29, 0.717) is 18.8 Å². The minimum atomic E-state index is -0.400. The van der Waals surface area contributed by atoms with Crippen molar-refractivity contribution in [2.75, 3.05) is 45.8 Å². The zero-order valence-electron chi connectivity index (χ0n) is 15.9. The Morgan fingerprint density at radius 3 is 2.69 bits per heavy atom. The number of carbonyl (C=O) groups excluding carboxylic acids is 2. The molecule has 0 N–H and O–H groups in total. The molecule has 26 heavy (non-hydrogen) atoms. The summed E-state index contributed by atoms with van der Waals surface area (Å²) < 4.78 is 5.50. The van der Waals surface area contributed by atoms with Gasteiger partial charge >= 0.3 is 0 Å². The largest absolute Gasteiger partial charge is 0.456 e. The summed E-state index contributed by atoms with van der Waals surface area (Å²) in [6, 6.07) is 3.54. The molecule has 142 valence electrons. The molecule has 0 saturated carbocycles. The molecule has 3 saturated heterocycles. The number of carbonyl (C=O) groups is 2. The summed E-state index contributed by atoms with van der Waals surface area (Å²) in [5.74, 6) is 1.45. The van der Waals surface area contributed by atoms with Crippen LogP contribution < -0.4 is 0 Å². The van der Waals surface area contributed by atoms with Crippen molar-refractivity contribution in [1.29, 1.82) is 0 Å². The normalized spacial score (nSPS) is 29.5. The van der Waals surface area contributed by atoms with Crippen LogP contribution in [0.2, 0.25) is 0 Å². The lowest BCUT2D eigenvalue weighted by atomic mass is 9.78. The molecule has 4 heterocycles. The monoisotopic (exact) mass is 359 g/mol. The van der Waals surface area contributed by atoms with Crippen molar-refractivity contribution < 1.29 is 14.0 Å². The second-order valence-corrected chi connectivity index (χ2v) is 8.24. The van der Waals surface area contributed by atoms with Crippen LogP contribution in [0.4, 0.5) is 0 Å². The van der Waals surface area contributed by atoms with Gasteiger partial charge in [-0.2, -0.15) is 0 Å². The first-order valence-corrected chi connectivity index (χ1v) is 9.87. The number of aryl methyl sites for hydroxylation is 1. The number of likely N-dealkylation sites (tertiary alicyclic amines) is 3. The highest BCUT2D eigenvalue weighted by atomic mass is 16.3. The van der Waals surface area contributed by atoms with Crippen molar-refractivity contribution in [2.45, 2.75) is 33.1 Å². The van der Waals surface area contributed by atoms with E-state index < -0.39 is 5.41 Å². The Kier molecular flexibility index (Phi) is 4.55. The predicted octanol–water partition coefficient (Wildman–Crippen LogP) is 1.99. The molecule has 4 rings (SSSR count). The predicted molar refractivity (Wildman–Crippen MR) is 97.8 cm³/mol. The highest BCUT2D eigenvalue weighted by Crippen LogP contribution is 2.45. The molecule has 3 aliphatic rings. The van der Waals surface area contributed by atoms with E-state index in [1.54, 1.807) is 6.07 Å². The molecular weight excluding hydrogens is 330 g/mol. The highest BCUT2D eigenvalue weighted by molar-refractivity contribution is 5.93. The van der Waals surface area contributed by atoms with Gasteiger partial charge in [-0.1, -0.05) is 6.92 Å². The number of hydrogen-bond acceptors (Lipinski definition) is 4. The summed E-state index contributed by atoms with van der Waals surface area (Å²) in [5, 5.41) is 0. The first kappa shape index (κ1) is 17.6. The standard InChI is InChI=1S/C20H29N3O3/c1-15-13-23(18(24)17-6-5-16(2)26-17)14-20(15)7-10-22(19(20)25)12-11-21-8-3-4-9-21/h5-6,15H,3-4,7-14H2,1-2H3/t15-,20-/m1/s1. The van der Waals surface area contributed by atoms with Gasteiger partial charge in [-0.25, -0.2) is 0 Å². The zero-order valence-corrected chi connectivity index (χ0v) is 15.9. The van der Waals surface area contributed by atoms with Crippen molar-refractivity contribution >= 4 is 11.8 Å². The van der Waals surface area contributed by atoms with E-state index in [0.717, 1.165) is 44.9 Å². The lowest BCUT2D eigenvalue weighted by Crippen LogP contribution is -2.42. The molecule has 1 aromatic heterocycles. The maximum absolute atomic E-state index is 13.2. The van der Waals surface area contributed by atoms with E-state index in [9.17, 15) is 9.59 Å². The van der Waals surface area contributed by atoms with Crippen LogP contribution in [0.3, 0.4) is 0 Å². The fourth-order valence-electron chi connectivity index (χ4n) is 4.87. The number of rotatable bonds is 4. The van der Waals surface area contributed by atoms with E-state index in [4.69, 9.17) is 4.42 Å². The molecule has 1 spiro atoms. The molecule has 2 amide bonds. The van der Waals surface area contributed by atoms with Gasteiger partial charge < -0.3 is 19.1 Å². The summed E-state index contributed by atoms with van der Waals surface area (Å²) in [6.07, 6.45) is 3.41. The Balaban J connectivity index is 1.41. The highest BCUT2D eigenvalue weighted by Gasteiger charge is 2.56. The van der Waals surface area contributed by atoms with Crippen molar-refractivity contribution in [1.82, 2.24) is 14.7 Å². The van der Waals surface area contributed by atoms with Gasteiger partial charge in [0.1, 0.15) is 5.76 Å². The van der Waals surface area contributed by atoms with E-state index in [-0.39, 0.29) is 17.7 Å². The van der Waals surface area contributed by atoms with Gasteiger partial charge in [-0.3, -0.25) is 9.59 Å². The minimum absolute atomic E-state index is 0.0925. The Hall–Kier alpha value is -1.82. The first-order chi connectivity index (χ1) is 12.5. The van der Waals surface area contributed by atoms with Gasteiger partial charge in [-0.15, -0.1) is 0 Å². The second-order valence-electron chi connectivity index (χ2n) is 8.24. The molecule has 1 aromatic rings. The topological polar surface area (TPSA) is 57.0 Å². The average Bonchev–Trinajstić information content (AvgIpc) is 3.38. The van der Waals surface area contributed by atoms with Gasteiger partial charge in [0.05, 0.1) is 5.41 Å². The summed E-state index contributed by atoms with van der Waals surface area (Å²) in [4.78, 5) is 32.2. The Bertz CT molecular complexity index is 694. The molecule has 0 unspecified atom stereocenters. The summed E-state index contributed by atoms with van der Waals surface area (Å²) >= 11 is 0. The minimum Gasteiger partial charge on any atom is -0.456 e. The van der Waals surface area contributed by atoms with Gasteiger partial charge in [0.25, 0.3) is 5.91 Å². The van der Waals surface area contributed by atoms with Gasteiger partial charge in [0.2, 0.25) is 5.91 Å². The summed E-state index contributed by atoms with van der Waals surface area (Å²) in [6.45, 7) is 10.0. The fraction of sp³-hybridized carbons (Fsp3) is 0.700. The Morgan fingerprint density at radius 1 is 1.23 bits per heavy atom. The molecule has 3 aliphatic heterocycles. The Morgan fingerprint density at radius 2 is 2.00 bits per heavy atom. The van der Waals surface area contributed by atoms with Crippen LogP contribution in [0.1, 0.15) is 42.5 Å². The molecular formula is C20H29N3O3. The number of amides is 2. The molecule has 2 atom stereocenters. The maximum Gasteiger partial charge on any atom is 0.289 e. The van der Waals surface area contributed by atoms with Gasteiger partial charge in [0, 0.05) is 32.7 Å². The molecule has 6 heteroatoms. The molecule has 0 aromatic carbocycles. The van der Waals surface area contributed by atoms with Crippen molar-refractivity contribution in [3.05, 3.63) is 23.7 Å². The van der Waals surface area contributed by atoms with E-state index in [1.165, 1.54) is 12.8 Å². The molecule has 3 fully saturated rings. The van der Waals surface area contributed by atoms with Crippen LogP contribution in [-0.4, -0.2) is 72.3 Å². The van der Waals surface area contributed by atoms with Gasteiger partial charge in [0.15, 0.2) is 5.76 Å². The smallest absolute Gasteiger partial charge is 0.289 e. The quantitative estimate of drug-likeness (QED) is 0.825. The van der Waals surface area contributed by atoms with Crippen LogP contribution in [0.15, 0.2) is 16.5 Å². The third-order valence-corrected chi connectivity index (χ3v) is 6.57. The zero-order chi connectivity index (χ0) is 18.3. The van der Waals surface area contributed by atoms with Crippen LogP contribution >= 0.6 is 0 Å². The summed E-state index contributed by atoms with van der Waals surface area (Å²) in [7, 11) is 0. The lowest BCUT2D eigenvalue weighted by Gasteiger charge is -2.27. The SMILES string of the molecule is Cc1ccc(C(=O)N2C[C@@H](C)[C@@]3(CCN(CCN4CCCC4)C3=O)C2)o1. The number of furan rings is 1. The van der Waals surface area contributed by atoms with Crippen molar-refractivity contribution in [3.63, 3.8) is 0 Å². The van der Waals surface area contributed by atoms with E-state index in [2.05, 4.69) is 11.8 Å². The Labute approximate surface area is 155 Å². The van der Waals surface area contributed by atoms with Crippen LogP contribution in [0.25, 0.3) is 0 Å². The van der Waals surface area contributed by atoms with Crippen molar-refractivity contribution in [2.24, 2.45) is 11.3 Å². The third kappa shape index (κ3) is 2.94. The van der Waals surface area contributed by atoms with E-state index in [1.807, 2.05) is 22.8 Å². The summed E-state index contributed by atoms with van der Waals surface area (Å²) in [5.41, 5.74) is -0.400. The number of nitrogens with zero attached hydrogens (tertiary/aromatic N) is 3. The third-order valence-electron chi connectivity index (χ3n) is 6.57. The lowest BCUT2D eigenvalue weighted by molar-refractivity contribution is -0.137. The van der Waals surface area contributed by atoms with E-state index >= 15 is 0 Å².